The van der Waals surface area contributed by atoms with Gasteiger partial charge in [0.1, 0.15) is 10.6 Å². The van der Waals surface area contributed by atoms with Crippen LogP contribution >= 0.6 is 11.3 Å². The van der Waals surface area contributed by atoms with Gasteiger partial charge in [-0.05, 0) is 48.9 Å². The van der Waals surface area contributed by atoms with Gasteiger partial charge in [-0.15, -0.1) is 11.3 Å². The molecule has 1 heterocycles. The van der Waals surface area contributed by atoms with Crippen LogP contribution in [0.3, 0.4) is 0 Å². The first-order chi connectivity index (χ1) is 14.3. The third-order valence-corrected chi connectivity index (χ3v) is 5.44. The summed E-state index contributed by atoms with van der Waals surface area (Å²) in [4.78, 5) is 16.6. The number of benzene rings is 3. The van der Waals surface area contributed by atoms with Crippen LogP contribution in [0.2, 0.25) is 0 Å². The molecule has 0 bridgehead atoms. The number of halogens is 5. The summed E-state index contributed by atoms with van der Waals surface area (Å²) in [6.45, 7) is 1.97. The molecule has 4 aromatic rings. The smallest absolute Gasteiger partial charge is 0.261 e. The Kier molecular flexibility index (Phi) is 4.98. The van der Waals surface area contributed by atoms with E-state index in [0.29, 0.717) is 0 Å². The number of hydrogen-bond donors (Lipinski definition) is 1. The maximum atomic E-state index is 13.8. The number of nitrogens with zero attached hydrogens (tertiary/aromatic N) is 1. The van der Waals surface area contributed by atoms with E-state index in [2.05, 4.69) is 10.3 Å². The molecule has 3 nitrogen and oxygen atoms in total. The first kappa shape index (κ1) is 20.0. The maximum absolute atomic E-state index is 13.8. The van der Waals surface area contributed by atoms with E-state index in [9.17, 15) is 26.7 Å². The summed E-state index contributed by atoms with van der Waals surface area (Å²) in [6, 6.07) is 12.0. The summed E-state index contributed by atoms with van der Waals surface area (Å²) in [5, 5.41) is 2.86. The van der Waals surface area contributed by atoms with Gasteiger partial charge in [0.2, 0.25) is 5.82 Å². The molecule has 3 aromatic carbocycles. The average Bonchev–Trinajstić information content (AvgIpc) is 3.14. The topological polar surface area (TPSA) is 42.0 Å². The number of carbonyl (C=O) groups excluding carboxylic acids is 1. The van der Waals surface area contributed by atoms with Gasteiger partial charge in [-0.1, -0.05) is 6.07 Å². The molecule has 0 atom stereocenters. The monoisotopic (exact) mass is 434 g/mol. The lowest BCUT2D eigenvalue weighted by Crippen LogP contribution is -2.19. The van der Waals surface area contributed by atoms with Gasteiger partial charge in [0.05, 0.1) is 10.2 Å². The van der Waals surface area contributed by atoms with Crippen molar-refractivity contribution in [3.05, 3.63) is 82.7 Å². The second-order valence-corrected chi connectivity index (χ2v) is 7.50. The van der Waals surface area contributed by atoms with Gasteiger partial charge in [0, 0.05) is 11.3 Å². The number of amides is 1. The van der Waals surface area contributed by atoms with Gasteiger partial charge in [-0.3, -0.25) is 4.79 Å². The number of nitrogens with one attached hydrogen (secondary N) is 1. The lowest BCUT2D eigenvalue weighted by atomic mass is 10.1. The third kappa shape index (κ3) is 3.41. The number of aryl methyl sites for hydroxylation is 1. The van der Waals surface area contributed by atoms with Crippen molar-refractivity contribution >= 4 is 33.1 Å². The van der Waals surface area contributed by atoms with Crippen molar-refractivity contribution < 1.29 is 26.7 Å². The van der Waals surface area contributed by atoms with E-state index < -0.39 is 40.6 Å². The van der Waals surface area contributed by atoms with Crippen molar-refractivity contribution in [2.45, 2.75) is 6.92 Å². The van der Waals surface area contributed by atoms with E-state index in [1.54, 1.807) is 12.1 Å². The van der Waals surface area contributed by atoms with E-state index >= 15 is 0 Å². The summed E-state index contributed by atoms with van der Waals surface area (Å²) in [6.07, 6.45) is 0. The Balaban J connectivity index is 1.60. The highest BCUT2D eigenvalue weighted by atomic mass is 32.1. The quantitative estimate of drug-likeness (QED) is 0.236. The van der Waals surface area contributed by atoms with Crippen LogP contribution in [0.25, 0.3) is 20.8 Å². The summed E-state index contributed by atoms with van der Waals surface area (Å²) in [5.41, 5.74) is 1.25. The molecule has 0 fully saturated rings. The normalized spacial score (nSPS) is 11.1. The van der Waals surface area contributed by atoms with E-state index in [-0.39, 0.29) is 5.69 Å². The molecule has 0 saturated heterocycles. The zero-order valence-corrected chi connectivity index (χ0v) is 16.0. The molecule has 0 radical (unpaired) electrons. The Bertz CT molecular complexity index is 1270. The minimum Gasteiger partial charge on any atom is -0.322 e. The van der Waals surface area contributed by atoms with Crippen molar-refractivity contribution in [2.75, 3.05) is 5.32 Å². The first-order valence-electron chi connectivity index (χ1n) is 8.56. The minimum atomic E-state index is -2.32. The van der Waals surface area contributed by atoms with E-state index in [4.69, 9.17) is 0 Å². The lowest BCUT2D eigenvalue weighted by molar-refractivity contribution is 0.101. The van der Waals surface area contributed by atoms with Gasteiger partial charge in [-0.2, -0.15) is 0 Å². The summed E-state index contributed by atoms with van der Waals surface area (Å²) in [5.74, 6) is -12.5. The molecular formula is C21H11F5N2OS. The average molecular weight is 434 g/mol. The number of carbonyl (C=O) groups is 1. The molecule has 9 heteroatoms. The van der Waals surface area contributed by atoms with Crippen LogP contribution in [-0.4, -0.2) is 10.9 Å². The van der Waals surface area contributed by atoms with Crippen LogP contribution in [0.5, 0.6) is 0 Å². The van der Waals surface area contributed by atoms with Crippen LogP contribution in [0, 0.1) is 36.0 Å². The highest BCUT2D eigenvalue weighted by Crippen LogP contribution is 2.31. The number of fused-ring (bicyclic) bond motifs is 1. The Labute approximate surface area is 170 Å². The molecule has 0 aliphatic heterocycles. The Morgan fingerprint density at radius 2 is 1.47 bits per heavy atom. The fraction of sp³-hybridized carbons (Fsp3) is 0.0476. The zero-order chi connectivity index (χ0) is 21.6. The Morgan fingerprint density at radius 1 is 0.867 bits per heavy atom. The van der Waals surface area contributed by atoms with Crippen LogP contribution in [0.1, 0.15) is 15.9 Å². The van der Waals surface area contributed by atoms with Gasteiger partial charge < -0.3 is 5.32 Å². The zero-order valence-electron chi connectivity index (χ0n) is 15.2. The molecular weight excluding hydrogens is 423 g/mol. The van der Waals surface area contributed by atoms with Crippen LogP contribution in [0.4, 0.5) is 27.6 Å². The highest BCUT2D eigenvalue weighted by molar-refractivity contribution is 7.21. The third-order valence-electron chi connectivity index (χ3n) is 4.37. The largest absolute Gasteiger partial charge is 0.322 e. The Morgan fingerprint density at radius 3 is 2.10 bits per heavy atom. The summed E-state index contributed by atoms with van der Waals surface area (Å²) >= 11 is 1.47. The van der Waals surface area contributed by atoms with Crippen LogP contribution in [0.15, 0.2) is 42.5 Å². The molecule has 1 aromatic heterocycles. The van der Waals surface area contributed by atoms with E-state index in [0.717, 1.165) is 26.4 Å². The molecule has 1 N–H and O–H groups in total. The van der Waals surface area contributed by atoms with Gasteiger partial charge in [-0.25, -0.2) is 26.9 Å². The van der Waals surface area contributed by atoms with Crippen molar-refractivity contribution in [3.8, 4) is 10.6 Å². The van der Waals surface area contributed by atoms with Gasteiger partial charge in [0.15, 0.2) is 23.3 Å². The van der Waals surface area contributed by atoms with Crippen LogP contribution in [-0.2, 0) is 0 Å². The molecule has 1 amide bonds. The molecule has 0 unspecified atom stereocenters. The minimum absolute atomic E-state index is 0.115. The predicted molar refractivity (Wildman–Crippen MR) is 104 cm³/mol. The van der Waals surface area contributed by atoms with Crippen molar-refractivity contribution in [1.82, 2.24) is 4.98 Å². The summed E-state index contributed by atoms with van der Waals surface area (Å²) in [7, 11) is 0. The molecule has 0 spiro atoms. The van der Waals surface area contributed by atoms with Crippen molar-refractivity contribution in [3.63, 3.8) is 0 Å². The fourth-order valence-electron chi connectivity index (χ4n) is 2.85. The SMILES string of the molecule is Cc1ccc2nc(-c3ccc(NC(=O)c4c(F)c(F)c(F)c(F)c4F)cc3)sc2c1. The second kappa shape index (κ2) is 7.49. The molecule has 4 rings (SSSR count). The molecule has 30 heavy (non-hydrogen) atoms. The standard InChI is InChI=1S/C21H11F5N2OS/c1-9-2-7-12-13(8-9)30-21(28-12)10-3-5-11(6-4-10)27-20(29)14-15(22)17(24)19(26)18(25)16(14)23/h2-8H,1H3,(H,27,29). The molecule has 0 saturated carbocycles. The maximum Gasteiger partial charge on any atom is 0.261 e. The van der Waals surface area contributed by atoms with Gasteiger partial charge >= 0.3 is 0 Å². The van der Waals surface area contributed by atoms with Crippen molar-refractivity contribution in [1.29, 1.82) is 0 Å². The lowest BCUT2D eigenvalue weighted by Gasteiger charge is -2.09. The molecule has 152 valence electrons. The molecule has 0 aliphatic rings. The number of thiazole rings is 1. The number of rotatable bonds is 3. The predicted octanol–water partition coefficient (Wildman–Crippen LogP) is 6.22. The number of anilines is 1. The number of hydrogen-bond acceptors (Lipinski definition) is 3. The van der Waals surface area contributed by atoms with Crippen LogP contribution < -0.4 is 5.32 Å². The van der Waals surface area contributed by atoms with E-state index in [1.807, 2.05) is 25.1 Å². The fourth-order valence-corrected chi connectivity index (χ4v) is 3.92. The molecule has 0 aliphatic carbocycles. The number of aromatic nitrogens is 1. The second-order valence-electron chi connectivity index (χ2n) is 6.47. The van der Waals surface area contributed by atoms with Crippen molar-refractivity contribution in [2.24, 2.45) is 0 Å². The Hall–Kier alpha value is -3.33. The highest BCUT2D eigenvalue weighted by Gasteiger charge is 2.29. The first-order valence-corrected chi connectivity index (χ1v) is 9.38. The van der Waals surface area contributed by atoms with E-state index in [1.165, 1.54) is 23.5 Å². The van der Waals surface area contributed by atoms with Gasteiger partial charge in [0.25, 0.3) is 5.91 Å². The summed E-state index contributed by atoms with van der Waals surface area (Å²) < 4.78 is 68.3.